The van der Waals surface area contributed by atoms with Gasteiger partial charge in [0.15, 0.2) is 5.69 Å². The molecule has 10 nitrogen and oxygen atoms in total. The van der Waals surface area contributed by atoms with E-state index >= 15 is 0 Å². The number of nitrogen functional groups attached to an aromatic ring is 1. The van der Waals surface area contributed by atoms with Crippen molar-refractivity contribution in [2.75, 3.05) is 19.5 Å². The lowest BCUT2D eigenvalue weighted by atomic mass is 9.94. The molecule has 10 heteroatoms. The summed E-state index contributed by atoms with van der Waals surface area (Å²) in [5, 5.41) is 7.97. The number of H-pyrrole nitrogens is 1. The van der Waals surface area contributed by atoms with Gasteiger partial charge in [-0.05, 0) is 41.8 Å². The summed E-state index contributed by atoms with van der Waals surface area (Å²) in [6.45, 7) is 2.17. The molecule has 5 aromatic rings. The molecule has 0 saturated heterocycles. The Bertz CT molecular complexity index is 1580. The number of ether oxygens (including phenoxy) is 2. The highest BCUT2D eigenvalue weighted by molar-refractivity contribution is 6.05. The number of rotatable bonds is 8. The number of benzene rings is 2. The zero-order valence-electron chi connectivity index (χ0n) is 20.3. The number of aromatic amines is 1. The fraction of sp³-hybridized carbons (Fsp3) is 0.148. The van der Waals surface area contributed by atoms with Gasteiger partial charge in [0.1, 0.15) is 12.7 Å². The molecular formula is C27H25N7O3. The van der Waals surface area contributed by atoms with Gasteiger partial charge in [-0.3, -0.25) is 9.89 Å². The van der Waals surface area contributed by atoms with Gasteiger partial charge in [-0.1, -0.05) is 36.4 Å². The molecule has 0 radical (unpaired) electrons. The molecule has 5 N–H and O–H groups in total. The third kappa shape index (κ3) is 4.69. The van der Waals surface area contributed by atoms with Crippen molar-refractivity contribution in [3.63, 3.8) is 0 Å². The van der Waals surface area contributed by atoms with Crippen LogP contribution in [0.15, 0.2) is 67.0 Å². The Labute approximate surface area is 212 Å². The van der Waals surface area contributed by atoms with Gasteiger partial charge in [0, 0.05) is 24.3 Å². The fourth-order valence-corrected chi connectivity index (χ4v) is 4.24. The Morgan fingerprint density at radius 3 is 2.65 bits per heavy atom. The number of primary amides is 1. The smallest absolute Gasteiger partial charge is 0.317 e. The van der Waals surface area contributed by atoms with E-state index in [9.17, 15) is 4.79 Å². The van der Waals surface area contributed by atoms with Crippen molar-refractivity contribution in [2.45, 2.75) is 13.0 Å². The highest BCUT2D eigenvalue weighted by atomic mass is 16.5. The molecule has 186 valence electrons. The lowest BCUT2D eigenvalue weighted by Crippen LogP contribution is -2.17. The van der Waals surface area contributed by atoms with Crippen molar-refractivity contribution in [1.29, 1.82) is 0 Å². The van der Waals surface area contributed by atoms with Crippen molar-refractivity contribution in [3.8, 4) is 28.5 Å². The monoisotopic (exact) mass is 495 g/mol. The molecule has 5 rings (SSSR count). The van der Waals surface area contributed by atoms with Crippen LogP contribution in [-0.2, 0) is 4.74 Å². The second-order valence-corrected chi connectivity index (χ2v) is 8.44. The second-order valence-electron chi connectivity index (χ2n) is 8.44. The molecule has 0 saturated carbocycles. The number of hydrogen-bond acceptors (Lipinski definition) is 8. The SMILES string of the molecule is CO[C@@H](COc1nccc(-c2cc(-c3c(C)ccc4[nH]ncc34)c(N)c(C(N)=O)n2)n1)c1ccccc1. The zero-order chi connectivity index (χ0) is 25.9. The van der Waals surface area contributed by atoms with Gasteiger partial charge in [-0.25, -0.2) is 9.97 Å². The summed E-state index contributed by atoms with van der Waals surface area (Å²) in [6, 6.07) is 17.2. The van der Waals surface area contributed by atoms with E-state index in [0.717, 1.165) is 27.6 Å². The summed E-state index contributed by atoms with van der Waals surface area (Å²) in [4.78, 5) is 25.5. The van der Waals surface area contributed by atoms with Gasteiger partial charge in [0.25, 0.3) is 5.91 Å². The Balaban J connectivity index is 1.54. The molecular weight excluding hydrogens is 470 g/mol. The first kappa shape index (κ1) is 23.9. The number of carbonyl (C=O) groups excluding carboxylic acids is 1. The summed E-state index contributed by atoms with van der Waals surface area (Å²) in [5.74, 6) is -0.742. The van der Waals surface area contributed by atoms with Crippen LogP contribution in [0, 0.1) is 6.92 Å². The number of carbonyl (C=O) groups is 1. The average Bonchev–Trinajstić information content (AvgIpc) is 3.39. The number of amides is 1. The van der Waals surface area contributed by atoms with E-state index in [0.29, 0.717) is 17.0 Å². The average molecular weight is 496 g/mol. The topological polar surface area (TPSA) is 155 Å². The molecule has 0 aliphatic carbocycles. The molecule has 0 bridgehead atoms. The van der Waals surface area contributed by atoms with E-state index in [2.05, 4.69) is 25.1 Å². The summed E-state index contributed by atoms with van der Waals surface area (Å²) >= 11 is 0. The minimum Gasteiger partial charge on any atom is -0.460 e. The van der Waals surface area contributed by atoms with Gasteiger partial charge in [-0.2, -0.15) is 10.1 Å². The molecule has 0 fully saturated rings. The summed E-state index contributed by atoms with van der Waals surface area (Å²) in [6.07, 6.45) is 2.98. The van der Waals surface area contributed by atoms with Crippen LogP contribution in [0.1, 0.15) is 27.7 Å². The Kier molecular flexibility index (Phi) is 6.48. The highest BCUT2D eigenvalue weighted by Gasteiger charge is 2.21. The number of hydrogen-bond donors (Lipinski definition) is 3. The van der Waals surface area contributed by atoms with Crippen LogP contribution in [0.25, 0.3) is 33.4 Å². The zero-order valence-corrected chi connectivity index (χ0v) is 20.3. The molecule has 0 unspecified atom stereocenters. The number of aromatic nitrogens is 5. The van der Waals surface area contributed by atoms with E-state index in [1.165, 1.54) is 0 Å². The van der Waals surface area contributed by atoms with Crippen molar-refractivity contribution in [1.82, 2.24) is 25.1 Å². The van der Waals surface area contributed by atoms with Crippen molar-refractivity contribution >= 4 is 22.5 Å². The van der Waals surface area contributed by atoms with Crippen LogP contribution in [0.2, 0.25) is 0 Å². The Hall–Kier alpha value is -4.83. The summed E-state index contributed by atoms with van der Waals surface area (Å²) < 4.78 is 11.4. The second kappa shape index (κ2) is 10.0. The van der Waals surface area contributed by atoms with Crippen LogP contribution in [0.3, 0.4) is 0 Å². The quantitative estimate of drug-likeness (QED) is 0.293. The predicted octanol–water partition coefficient (Wildman–Crippen LogP) is 3.84. The number of nitrogens with zero attached hydrogens (tertiary/aromatic N) is 4. The van der Waals surface area contributed by atoms with Gasteiger partial charge in [0.2, 0.25) is 0 Å². The maximum atomic E-state index is 12.3. The first-order valence-electron chi connectivity index (χ1n) is 11.5. The number of methoxy groups -OCH3 is 1. The van der Waals surface area contributed by atoms with Crippen molar-refractivity contribution in [2.24, 2.45) is 5.73 Å². The molecule has 2 aromatic carbocycles. The van der Waals surface area contributed by atoms with E-state index < -0.39 is 5.91 Å². The van der Waals surface area contributed by atoms with E-state index in [1.807, 2.05) is 49.4 Å². The normalized spacial score (nSPS) is 11.9. The molecule has 1 atom stereocenters. The number of nitrogens with one attached hydrogen (secondary N) is 1. The largest absolute Gasteiger partial charge is 0.460 e. The minimum atomic E-state index is -0.742. The minimum absolute atomic E-state index is 0.0444. The number of nitrogens with two attached hydrogens (primary N) is 2. The fourth-order valence-electron chi connectivity index (χ4n) is 4.24. The highest BCUT2D eigenvalue weighted by Crippen LogP contribution is 2.37. The van der Waals surface area contributed by atoms with Gasteiger partial charge in [-0.15, -0.1) is 0 Å². The van der Waals surface area contributed by atoms with E-state index in [4.69, 9.17) is 20.9 Å². The molecule has 0 aliphatic rings. The van der Waals surface area contributed by atoms with Crippen LogP contribution < -0.4 is 16.2 Å². The van der Waals surface area contributed by atoms with Crippen LogP contribution in [0.4, 0.5) is 5.69 Å². The van der Waals surface area contributed by atoms with E-state index in [1.54, 1.807) is 31.6 Å². The first-order valence-corrected chi connectivity index (χ1v) is 11.5. The lowest BCUT2D eigenvalue weighted by Gasteiger charge is -2.16. The van der Waals surface area contributed by atoms with Gasteiger partial charge in [0.05, 0.1) is 28.8 Å². The molecule has 1 amide bonds. The van der Waals surface area contributed by atoms with Crippen LogP contribution in [0.5, 0.6) is 6.01 Å². The van der Waals surface area contributed by atoms with E-state index in [-0.39, 0.29) is 30.1 Å². The number of aryl methyl sites for hydroxylation is 1. The molecule has 3 aromatic heterocycles. The number of pyridine rings is 1. The molecule has 37 heavy (non-hydrogen) atoms. The summed E-state index contributed by atoms with van der Waals surface area (Å²) in [5.41, 5.74) is 17.2. The van der Waals surface area contributed by atoms with Gasteiger partial charge < -0.3 is 20.9 Å². The van der Waals surface area contributed by atoms with Crippen molar-refractivity contribution < 1.29 is 14.3 Å². The third-order valence-electron chi connectivity index (χ3n) is 6.11. The van der Waals surface area contributed by atoms with Crippen LogP contribution >= 0.6 is 0 Å². The van der Waals surface area contributed by atoms with Gasteiger partial charge >= 0.3 is 6.01 Å². The molecule has 0 spiro atoms. The summed E-state index contributed by atoms with van der Waals surface area (Å²) in [7, 11) is 1.62. The van der Waals surface area contributed by atoms with Crippen molar-refractivity contribution in [3.05, 3.63) is 83.8 Å². The number of anilines is 1. The van der Waals surface area contributed by atoms with Crippen LogP contribution in [-0.4, -0.2) is 44.8 Å². The molecule has 0 aliphatic heterocycles. The maximum absolute atomic E-state index is 12.3. The predicted molar refractivity (Wildman–Crippen MR) is 140 cm³/mol. The standard InChI is InChI=1S/C27H25N7O3/c1-15-8-9-19-18(13-31-34-19)23(15)17-12-21(32-25(24(17)28)26(29)35)20-10-11-30-27(33-20)37-14-22(36-2)16-6-4-3-5-7-16/h3-13,22H,14,28H2,1-2H3,(H2,29,35)(H,31,34)/t22-/m0/s1. The first-order chi connectivity index (χ1) is 18.0. The molecule has 3 heterocycles. The lowest BCUT2D eigenvalue weighted by molar-refractivity contribution is 0.0542. The number of fused-ring (bicyclic) bond motifs is 1. The Morgan fingerprint density at radius 1 is 1.08 bits per heavy atom. The Morgan fingerprint density at radius 2 is 1.89 bits per heavy atom. The maximum Gasteiger partial charge on any atom is 0.317 e. The third-order valence-corrected chi connectivity index (χ3v) is 6.11.